The van der Waals surface area contributed by atoms with E-state index in [4.69, 9.17) is 0 Å². The molecule has 2 aromatic carbocycles. The summed E-state index contributed by atoms with van der Waals surface area (Å²) < 4.78 is 3.51. The summed E-state index contributed by atoms with van der Waals surface area (Å²) in [5.74, 6) is 0. The molecule has 0 aliphatic carbocycles. The van der Waals surface area contributed by atoms with Crippen LogP contribution in [-0.2, 0) is 6.54 Å². The Morgan fingerprint density at radius 2 is 1.36 bits per heavy atom. The average Bonchev–Trinajstić information content (AvgIpc) is 3.01. The van der Waals surface area contributed by atoms with Crippen molar-refractivity contribution in [3.8, 4) is 0 Å². The first-order chi connectivity index (χ1) is 13.7. The number of nitrogens with zero attached hydrogens (tertiary/aromatic N) is 1. The molecule has 0 saturated carbocycles. The van der Waals surface area contributed by atoms with Gasteiger partial charge in [0.05, 0.1) is 0 Å². The highest BCUT2D eigenvalue weighted by molar-refractivity contribution is 9.10. The van der Waals surface area contributed by atoms with Gasteiger partial charge in [0.2, 0.25) is 0 Å². The van der Waals surface area contributed by atoms with Crippen LogP contribution in [0.25, 0.3) is 21.8 Å². The Balaban J connectivity index is 1.59. The Hall–Kier alpha value is -1.61. The molecule has 3 heteroatoms. The van der Waals surface area contributed by atoms with Crippen LogP contribution in [0.15, 0.2) is 40.9 Å². The first-order valence-electron chi connectivity index (χ1n) is 10.9. The van der Waals surface area contributed by atoms with Gasteiger partial charge in [-0.15, -0.1) is 0 Å². The second-order valence-electron chi connectivity index (χ2n) is 7.89. The van der Waals surface area contributed by atoms with Gasteiger partial charge in [-0.3, -0.25) is 4.79 Å². The van der Waals surface area contributed by atoms with Crippen LogP contribution in [0.3, 0.4) is 0 Å². The van der Waals surface area contributed by atoms with Crippen LogP contribution in [0.4, 0.5) is 0 Å². The van der Waals surface area contributed by atoms with Crippen molar-refractivity contribution in [1.82, 2.24) is 4.57 Å². The van der Waals surface area contributed by atoms with Crippen molar-refractivity contribution >= 4 is 44.0 Å². The maximum atomic E-state index is 11.2. The maximum Gasteiger partial charge on any atom is 0.150 e. The van der Waals surface area contributed by atoms with Crippen LogP contribution in [0.1, 0.15) is 81.5 Å². The molecule has 1 heterocycles. The number of aldehydes is 1. The summed E-state index contributed by atoms with van der Waals surface area (Å²) in [4.78, 5) is 11.2. The summed E-state index contributed by atoms with van der Waals surface area (Å²) in [6.45, 7) is 3.32. The van der Waals surface area contributed by atoms with Gasteiger partial charge in [0.25, 0.3) is 0 Å². The third-order valence-corrected chi connectivity index (χ3v) is 6.22. The van der Waals surface area contributed by atoms with Crippen molar-refractivity contribution in [2.24, 2.45) is 0 Å². The van der Waals surface area contributed by atoms with Gasteiger partial charge in [0.1, 0.15) is 6.29 Å². The number of rotatable bonds is 12. The fraction of sp³-hybridized carbons (Fsp3) is 0.480. The molecule has 0 aliphatic rings. The number of hydrogen-bond donors (Lipinski definition) is 0. The smallest absolute Gasteiger partial charge is 0.150 e. The van der Waals surface area contributed by atoms with Gasteiger partial charge < -0.3 is 4.57 Å². The number of fused-ring (bicyclic) bond motifs is 3. The van der Waals surface area contributed by atoms with Gasteiger partial charge in [-0.1, -0.05) is 80.6 Å². The molecule has 0 amide bonds. The first kappa shape index (κ1) is 21.1. The SMILES string of the molecule is CCCCCCCCCCCCn1c2ccc(Br)cc2c2cc(C=O)ccc21. The lowest BCUT2D eigenvalue weighted by Crippen LogP contribution is -1.98. The normalized spacial score (nSPS) is 11.5. The molecular formula is C25H32BrNO. The zero-order chi connectivity index (χ0) is 19.8. The van der Waals surface area contributed by atoms with Crippen molar-refractivity contribution in [2.45, 2.75) is 77.7 Å². The summed E-state index contributed by atoms with van der Waals surface area (Å²) in [7, 11) is 0. The summed E-state index contributed by atoms with van der Waals surface area (Å²) >= 11 is 3.59. The van der Waals surface area contributed by atoms with E-state index in [0.29, 0.717) is 0 Å². The molecule has 150 valence electrons. The van der Waals surface area contributed by atoms with Crippen molar-refractivity contribution in [2.75, 3.05) is 0 Å². The molecule has 0 saturated heterocycles. The lowest BCUT2D eigenvalue weighted by Gasteiger charge is -2.08. The van der Waals surface area contributed by atoms with Gasteiger partial charge in [-0.05, 0) is 42.8 Å². The minimum Gasteiger partial charge on any atom is -0.340 e. The fourth-order valence-electron chi connectivity index (χ4n) is 4.17. The molecule has 0 unspecified atom stereocenters. The lowest BCUT2D eigenvalue weighted by atomic mass is 10.1. The number of carbonyl (C=O) groups is 1. The Labute approximate surface area is 177 Å². The number of aromatic nitrogens is 1. The van der Waals surface area contributed by atoms with E-state index >= 15 is 0 Å². The summed E-state index contributed by atoms with van der Waals surface area (Å²) in [6.07, 6.45) is 14.5. The van der Waals surface area contributed by atoms with Crippen LogP contribution < -0.4 is 0 Å². The highest BCUT2D eigenvalue weighted by atomic mass is 79.9. The van der Waals surface area contributed by atoms with Crippen molar-refractivity contribution < 1.29 is 4.79 Å². The number of aryl methyl sites for hydroxylation is 1. The van der Waals surface area contributed by atoms with E-state index in [2.05, 4.69) is 51.7 Å². The average molecular weight is 442 g/mol. The van der Waals surface area contributed by atoms with Gasteiger partial charge >= 0.3 is 0 Å². The standard InChI is InChI=1S/C25H32BrNO/c1-2-3-4-5-6-7-8-9-10-11-16-27-24-14-12-20(19-28)17-22(24)23-18-21(26)13-15-25(23)27/h12-15,17-19H,2-11,16H2,1H3. The molecule has 0 atom stereocenters. The van der Waals surface area contributed by atoms with E-state index in [9.17, 15) is 4.79 Å². The van der Waals surface area contributed by atoms with Crippen LogP contribution in [0.2, 0.25) is 0 Å². The van der Waals surface area contributed by atoms with Crippen LogP contribution in [0.5, 0.6) is 0 Å². The van der Waals surface area contributed by atoms with Crippen molar-refractivity contribution in [1.29, 1.82) is 0 Å². The predicted octanol–water partition coefficient (Wildman–Crippen LogP) is 8.29. The van der Waals surface area contributed by atoms with Gasteiger partial charge in [-0.2, -0.15) is 0 Å². The monoisotopic (exact) mass is 441 g/mol. The van der Waals surface area contributed by atoms with E-state index in [1.807, 2.05) is 12.1 Å². The summed E-state index contributed by atoms with van der Waals surface area (Å²) in [6, 6.07) is 12.5. The van der Waals surface area contributed by atoms with Gasteiger partial charge in [0, 0.05) is 38.4 Å². The third kappa shape index (κ3) is 5.26. The molecule has 0 radical (unpaired) electrons. The molecule has 2 nitrogen and oxygen atoms in total. The van der Waals surface area contributed by atoms with Crippen molar-refractivity contribution in [3.63, 3.8) is 0 Å². The van der Waals surface area contributed by atoms with Crippen LogP contribution >= 0.6 is 15.9 Å². The topological polar surface area (TPSA) is 22.0 Å². The Kier molecular flexibility index (Phi) is 8.14. The van der Waals surface area contributed by atoms with E-state index in [1.165, 1.54) is 86.0 Å². The van der Waals surface area contributed by atoms with Crippen LogP contribution in [-0.4, -0.2) is 10.9 Å². The quantitative estimate of drug-likeness (QED) is 0.204. The molecular weight excluding hydrogens is 410 g/mol. The highest BCUT2D eigenvalue weighted by Gasteiger charge is 2.11. The molecule has 28 heavy (non-hydrogen) atoms. The van der Waals surface area contributed by atoms with E-state index in [-0.39, 0.29) is 0 Å². The minimum atomic E-state index is 0.741. The second-order valence-corrected chi connectivity index (χ2v) is 8.81. The highest BCUT2D eigenvalue weighted by Crippen LogP contribution is 2.32. The molecule has 0 bridgehead atoms. The lowest BCUT2D eigenvalue weighted by molar-refractivity contribution is 0.112. The van der Waals surface area contributed by atoms with E-state index < -0.39 is 0 Å². The molecule has 0 aliphatic heterocycles. The zero-order valence-electron chi connectivity index (χ0n) is 17.1. The number of unbranched alkanes of at least 4 members (excludes halogenated alkanes) is 9. The molecule has 3 rings (SSSR count). The predicted molar refractivity (Wildman–Crippen MR) is 124 cm³/mol. The van der Waals surface area contributed by atoms with E-state index in [0.717, 1.165) is 22.9 Å². The largest absolute Gasteiger partial charge is 0.340 e. The Morgan fingerprint density at radius 3 is 2.00 bits per heavy atom. The first-order valence-corrected chi connectivity index (χ1v) is 11.7. The molecule has 0 spiro atoms. The number of carbonyl (C=O) groups excluding carboxylic acids is 1. The van der Waals surface area contributed by atoms with E-state index in [1.54, 1.807) is 0 Å². The minimum absolute atomic E-state index is 0.741. The molecule has 3 aromatic rings. The molecule has 1 aromatic heterocycles. The maximum absolute atomic E-state index is 11.2. The number of halogens is 1. The number of benzene rings is 2. The van der Waals surface area contributed by atoms with Gasteiger partial charge in [0.15, 0.2) is 0 Å². The fourth-order valence-corrected chi connectivity index (χ4v) is 4.53. The van der Waals surface area contributed by atoms with Gasteiger partial charge in [-0.25, -0.2) is 0 Å². The number of hydrogen-bond acceptors (Lipinski definition) is 1. The van der Waals surface area contributed by atoms with Crippen molar-refractivity contribution in [3.05, 3.63) is 46.4 Å². The second kappa shape index (κ2) is 10.8. The molecule has 0 N–H and O–H groups in total. The molecule has 0 fully saturated rings. The van der Waals surface area contributed by atoms with Crippen LogP contribution in [0, 0.1) is 0 Å². The Morgan fingerprint density at radius 1 is 0.786 bits per heavy atom. The summed E-state index contributed by atoms with van der Waals surface area (Å²) in [5.41, 5.74) is 3.23. The summed E-state index contributed by atoms with van der Waals surface area (Å²) in [5, 5.41) is 2.40. The Bertz CT molecular complexity index is 912. The third-order valence-electron chi connectivity index (χ3n) is 5.72. The zero-order valence-corrected chi connectivity index (χ0v) is 18.6.